The van der Waals surface area contributed by atoms with Crippen LogP contribution in [0.1, 0.15) is 52.4 Å². The van der Waals surface area contributed by atoms with Crippen LogP contribution in [0.5, 0.6) is 0 Å². The van der Waals surface area contributed by atoms with Crippen LogP contribution in [0.15, 0.2) is 0 Å². The van der Waals surface area contributed by atoms with Crippen LogP contribution in [0.4, 0.5) is 0 Å². The molecule has 0 spiro atoms. The molecule has 134 valence electrons. The third-order valence-corrected chi connectivity index (χ3v) is 5.43. The van der Waals surface area contributed by atoms with Crippen molar-refractivity contribution in [1.29, 1.82) is 0 Å². The third kappa shape index (κ3) is 5.08. The van der Waals surface area contributed by atoms with Crippen molar-refractivity contribution in [3.05, 3.63) is 0 Å². The Kier molecular flexibility index (Phi) is 8.34. The van der Waals surface area contributed by atoms with Crippen molar-refractivity contribution in [2.45, 2.75) is 58.4 Å². The van der Waals surface area contributed by atoms with Crippen molar-refractivity contribution in [3.63, 3.8) is 0 Å². The lowest BCUT2D eigenvalue weighted by atomic mass is 9.94. The Morgan fingerprint density at radius 1 is 1.26 bits per heavy atom. The first kappa shape index (κ1) is 20.2. The highest BCUT2D eigenvalue weighted by Gasteiger charge is 2.33. The van der Waals surface area contributed by atoms with Crippen LogP contribution in [-0.4, -0.2) is 42.4 Å². The zero-order valence-electron chi connectivity index (χ0n) is 14.4. The second kappa shape index (κ2) is 9.48. The largest absolute Gasteiger partial charge is 0.353 e. The number of nitrogens with zero attached hydrogens (tertiary/aromatic N) is 1. The summed E-state index contributed by atoms with van der Waals surface area (Å²) in [5.41, 5.74) is 5.78. The maximum Gasteiger partial charge on any atom is 0.225 e. The molecule has 2 fully saturated rings. The predicted molar refractivity (Wildman–Crippen MR) is 94.3 cm³/mol. The number of hydrogen-bond donors (Lipinski definition) is 2. The number of halogens is 1. The highest BCUT2D eigenvalue weighted by molar-refractivity contribution is 5.85. The highest BCUT2D eigenvalue weighted by atomic mass is 35.5. The fourth-order valence-corrected chi connectivity index (χ4v) is 3.69. The molecule has 2 rings (SSSR count). The lowest BCUT2D eigenvalue weighted by Crippen LogP contribution is -2.49. The highest BCUT2D eigenvalue weighted by Crippen LogP contribution is 2.26. The standard InChI is InChI=1S/C17H31N3O2.ClH/c1-3-12(2)17(22)20-9-5-7-14(11-20)16(21)19-15-8-4-6-13(15)10-18;/h12-15H,3-11,18H2,1-2H3,(H,19,21);1H. The predicted octanol–water partition coefficient (Wildman–Crippen LogP) is 1.94. The molecule has 2 amide bonds. The Balaban J connectivity index is 0.00000264. The van der Waals surface area contributed by atoms with E-state index in [-0.39, 0.29) is 42.1 Å². The number of likely N-dealkylation sites (tertiary alicyclic amines) is 1. The van der Waals surface area contributed by atoms with E-state index in [1.807, 2.05) is 18.7 Å². The molecule has 2 aliphatic rings. The average Bonchev–Trinajstić information content (AvgIpc) is 3.00. The van der Waals surface area contributed by atoms with Crippen LogP contribution in [0.3, 0.4) is 0 Å². The van der Waals surface area contributed by atoms with Crippen LogP contribution in [0, 0.1) is 17.8 Å². The van der Waals surface area contributed by atoms with Gasteiger partial charge in [0.2, 0.25) is 11.8 Å². The van der Waals surface area contributed by atoms with Gasteiger partial charge in [0.05, 0.1) is 5.92 Å². The van der Waals surface area contributed by atoms with Gasteiger partial charge in [-0.15, -0.1) is 12.4 Å². The van der Waals surface area contributed by atoms with E-state index in [4.69, 9.17) is 5.73 Å². The van der Waals surface area contributed by atoms with E-state index < -0.39 is 0 Å². The molecule has 3 N–H and O–H groups in total. The van der Waals surface area contributed by atoms with E-state index in [0.29, 0.717) is 19.0 Å². The van der Waals surface area contributed by atoms with Crippen molar-refractivity contribution in [3.8, 4) is 0 Å². The molecule has 4 unspecified atom stereocenters. The second-order valence-corrected chi connectivity index (χ2v) is 6.97. The van der Waals surface area contributed by atoms with Gasteiger partial charge < -0.3 is 16.0 Å². The molecule has 6 heteroatoms. The number of hydrogen-bond acceptors (Lipinski definition) is 3. The Bertz CT molecular complexity index is 405. The van der Waals surface area contributed by atoms with Gasteiger partial charge in [-0.05, 0) is 44.6 Å². The molecule has 1 heterocycles. The number of rotatable bonds is 5. The lowest BCUT2D eigenvalue weighted by molar-refractivity contribution is -0.139. The van der Waals surface area contributed by atoms with E-state index >= 15 is 0 Å². The minimum atomic E-state index is -0.0548. The Hall–Kier alpha value is -0.810. The summed E-state index contributed by atoms with van der Waals surface area (Å²) in [5.74, 6) is 0.733. The number of amides is 2. The van der Waals surface area contributed by atoms with E-state index in [1.54, 1.807) is 0 Å². The molecule has 1 aliphatic carbocycles. The number of carbonyl (C=O) groups excluding carboxylic acids is 2. The van der Waals surface area contributed by atoms with Crippen LogP contribution in [0.25, 0.3) is 0 Å². The monoisotopic (exact) mass is 345 g/mol. The van der Waals surface area contributed by atoms with Crippen molar-refractivity contribution >= 4 is 24.2 Å². The SMILES string of the molecule is CCC(C)C(=O)N1CCCC(C(=O)NC2CCCC2CN)C1.Cl. The normalized spacial score (nSPS) is 28.8. The average molecular weight is 346 g/mol. The molecule has 0 aromatic carbocycles. The van der Waals surface area contributed by atoms with Crippen LogP contribution >= 0.6 is 12.4 Å². The maximum atomic E-state index is 12.5. The fraction of sp³-hybridized carbons (Fsp3) is 0.882. The van der Waals surface area contributed by atoms with E-state index in [9.17, 15) is 9.59 Å². The van der Waals surface area contributed by atoms with Gasteiger partial charge in [0.25, 0.3) is 0 Å². The van der Waals surface area contributed by atoms with E-state index in [0.717, 1.165) is 45.1 Å². The molecule has 0 aromatic rings. The summed E-state index contributed by atoms with van der Waals surface area (Å²) >= 11 is 0. The topological polar surface area (TPSA) is 75.4 Å². The summed E-state index contributed by atoms with van der Waals surface area (Å²) in [6.07, 6.45) is 5.96. The van der Waals surface area contributed by atoms with Crippen molar-refractivity contribution in [2.75, 3.05) is 19.6 Å². The number of carbonyl (C=O) groups is 2. The van der Waals surface area contributed by atoms with Gasteiger partial charge in [-0.25, -0.2) is 0 Å². The molecule has 1 aliphatic heterocycles. The second-order valence-electron chi connectivity index (χ2n) is 6.97. The first-order chi connectivity index (χ1) is 10.6. The molecule has 1 saturated heterocycles. The summed E-state index contributed by atoms with van der Waals surface area (Å²) in [7, 11) is 0. The maximum absolute atomic E-state index is 12.5. The molecule has 0 bridgehead atoms. The summed E-state index contributed by atoms with van der Waals surface area (Å²) in [6, 6.07) is 0.234. The third-order valence-electron chi connectivity index (χ3n) is 5.43. The number of nitrogens with two attached hydrogens (primary N) is 1. The molecule has 23 heavy (non-hydrogen) atoms. The Labute approximate surface area is 146 Å². The number of nitrogens with one attached hydrogen (secondary N) is 1. The molecule has 4 atom stereocenters. The smallest absolute Gasteiger partial charge is 0.225 e. The van der Waals surface area contributed by atoms with Gasteiger partial charge in [-0.3, -0.25) is 9.59 Å². The molecule has 5 nitrogen and oxygen atoms in total. The quantitative estimate of drug-likeness (QED) is 0.799. The van der Waals surface area contributed by atoms with Gasteiger partial charge in [0, 0.05) is 25.0 Å². The Morgan fingerprint density at radius 2 is 2.00 bits per heavy atom. The first-order valence-electron chi connectivity index (χ1n) is 8.86. The van der Waals surface area contributed by atoms with Gasteiger partial charge in [-0.1, -0.05) is 20.3 Å². The first-order valence-corrected chi connectivity index (χ1v) is 8.86. The molecular weight excluding hydrogens is 314 g/mol. The summed E-state index contributed by atoms with van der Waals surface area (Å²) in [6.45, 7) is 6.02. The summed E-state index contributed by atoms with van der Waals surface area (Å²) in [4.78, 5) is 26.7. The van der Waals surface area contributed by atoms with Gasteiger partial charge in [-0.2, -0.15) is 0 Å². The zero-order valence-corrected chi connectivity index (χ0v) is 15.2. The van der Waals surface area contributed by atoms with Gasteiger partial charge >= 0.3 is 0 Å². The van der Waals surface area contributed by atoms with Gasteiger partial charge in [0.1, 0.15) is 0 Å². The molecule has 0 radical (unpaired) electrons. The van der Waals surface area contributed by atoms with Crippen molar-refractivity contribution in [1.82, 2.24) is 10.2 Å². The molecule has 0 aromatic heterocycles. The molecule has 1 saturated carbocycles. The van der Waals surface area contributed by atoms with Gasteiger partial charge in [0.15, 0.2) is 0 Å². The number of piperidine rings is 1. The molecular formula is C17H32ClN3O2. The van der Waals surface area contributed by atoms with E-state index in [1.165, 1.54) is 0 Å². The Morgan fingerprint density at radius 3 is 2.65 bits per heavy atom. The van der Waals surface area contributed by atoms with Crippen LogP contribution in [0.2, 0.25) is 0 Å². The van der Waals surface area contributed by atoms with Crippen molar-refractivity contribution < 1.29 is 9.59 Å². The summed E-state index contributed by atoms with van der Waals surface area (Å²) in [5, 5.41) is 3.20. The summed E-state index contributed by atoms with van der Waals surface area (Å²) < 4.78 is 0. The van der Waals surface area contributed by atoms with Crippen molar-refractivity contribution in [2.24, 2.45) is 23.5 Å². The fourth-order valence-electron chi connectivity index (χ4n) is 3.69. The van der Waals surface area contributed by atoms with Crippen LogP contribution < -0.4 is 11.1 Å². The van der Waals surface area contributed by atoms with E-state index in [2.05, 4.69) is 5.32 Å². The minimum absolute atomic E-state index is 0. The minimum Gasteiger partial charge on any atom is -0.353 e. The lowest BCUT2D eigenvalue weighted by Gasteiger charge is -2.34. The van der Waals surface area contributed by atoms with Crippen LogP contribution in [-0.2, 0) is 9.59 Å². The zero-order chi connectivity index (χ0) is 16.1.